The van der Waals surface area contributed by atoms with Crippen molar-refractivity contribution in [3.8, 4) is 0 Å². The van der Waals surface area contributed by atoms with Crippen molar-refractivity contribution in [2.75, 3.05) is 6.54 Å². The van der Waals surface area contributed by atoms with Gasteiger partial charge >= 0.3 is 0 Å². The van der Waals surface area contributed by atoms with Gasteiger partial charge < -0.3 is 15.8 Å². The van der Waals surface area contributed by atoms with Gasteiger partial charge in [-0.1, -0.05) is 27.2 Å². The van der Waals surface area contributed by atoms with Gasteiger partial charge in [0.1, 0.15) is 6.29 Å². The summed E-state index contributed by atoms with van der Waals surface area (Å²) in [6, 6.07) is -0.408. The largest absolute Gasteiger partial charge is 0.346 e. The Bertz CT molecular complexity index is 222. The molecule has 3 N–H and O–H groups in total. The first-order valence-electron chi connectivity index (χ1n) is 5.86. The van der Waals surface area contributed by atoms with E-state index < -0.39 is 6.04 Å². The summed E-state index contributed by atoms with van der Waals surface area (Å²) >= 11 is 0. The van der Waals surface area contributed by atoms with E-state index in [2.05, 4.69) is 5.32 Å². The average molecular weight is 228 g/mol. The molecule has 0 aromatic rings. The fourth-order valence-electron chi connectivity index (χ4n) is 1.31. The van der Waals surface area contributed by atoms with Crippen LogP contribution in [0.15, 0.2) is 0 Å². The maximum atomic E-state index is 11.5. The second-order valence-electron chi connectivity index (χ2n) is 5.15. The minimum Gasteiger partial charge on any atom is -0.346 e. The maximum Gasteiger partial charge on any atom is 0.220 e. The molecule has 0 rings (SSSR count). The molecule has 0 heterocycles. The fourth-order valence-corrected chi connectivity index (χ4v) is 1.31. The van der Waals surface area contributed by atoms with E-state index in [9.17, 15) is 9.59 Å². The highest BCUT2D eigenvalue weighted by Gasteiger charge is 2.25. The highest BCUT2D eigenvalue weighted by Crippen LogP contribution is 2.17. The molecule has 0 saturated carbocycles. The van der Waals surface area contributed by atoms with Gasteiger partial charge in [0.2, 0.25) is 5.91 Å². The second kappa shape index (κ2) is 7.39. The van der Waals surface area contributed by atoms with Crippen LogP contribution in [0.2, 0.25) is 0 Å². The van der Waals surface area contributed by atoms with E-state index in [1.807, 2.05) is 20.8 Å². The highest BCUT2D eigenvalue weighted by atomic mass is 16.2. The molecule has 1 atom stereocenters. The van der Waals surface area contributed by atoms with Gasteiger partial charge in [-0.2, -0.15) is 0 Å². The SMILES string of the molecule is CC(C)(C)C(C=O)NC(=O)CCCCCN. The van der Waals surface area contributed by atoms with Crippen LogP contribution >= 0.6 is 0 Å². The smallest absolute Gasteiger partial charge is 0.220 e. The van der Waals surface area contributed by atoms with E-state index >= 15 is 0 Å². The monoisotopic (exact) mass is 228 g/mol. The molecule has 4 heteroatoms. The van der Waals surface area contributed by atoms with E-state index in [-0.39, 0.29) is 11.3 Å². The number of carbonyl (C=O) groups is 2. The van der Waals surface area contributed by atoms with Gasteiger partial charge in [-0.05, 0) is 24.8 Å². The molecule has 0 aromatic carbocycles. The number of carbonyl (C=O) groups excluding carboxylic acids is 2. The topological polar surface area (TPSA) is 72.2 Å². The van der Waals surface area contributed by atoms with Gasteiger partial charge in [0.25, 0.3) is 0 Å². The molecular weight excluding hydrogens is 204 g/mol. The molecule has 0 aliphatic carbocycles. The van der Waals surface area contributed by atoms with Gasteiger partial charge in [0.05, 0.1) is 6.04 Å². The lowest BCUT2D eigenvalue weighted by molar-refractivity contribution is -0.125. The average Bonchev–Trinajstić information content (AvgIpc) is 2.19. The Morgan fingerprint density at radius 2 is 1.94 bits per heavy atom. The first-order valence-corrected chi connectivity index (χ1v) is 5.86. The molecule has 0 spiro atoms. The third kappa shape index (κ3) is 6.56. The Labute approximate surface area is 98.0 Å². The molecule has 16 heavy (non-hydrogen) atoms. The minimum absolute atomic E-state index is 0.0518. The zero-order valence-electron chi connectivity index (χ0n) is 10.6. The van der Waals surface area contributed by atoms with Crippen LogP contribution < -0.4 is 11.1 Å². The normalized spacial score (nSPS) is 13.2. The van der Waals surface area contributed by atoms with Crippen molar-refractivity contribution >= 4 is 12.2 Å². The van der Waals surface area contributed by atoms with Crippen molar-refractivity contribution in [1.29, 1.82) is 0 Å². The number of nitrogens with two attached hydrogens (primary N) is 1. The molecule has 0 aliphatic rings. The van der Waals surface area contributed by atoms with Crippen LogP contribution in [0.3, 0.4) is 0 Å². The number of rotatable bonds is 7. The molecule has 94 valence electrons. The van der Waals surface area contributed by atoms with Crippen LogP contribution in [0.1, 0.15) is 46.5 Å². The van der Waals surface area contributed by atoms with Crippen LogP contribution in [-0.2, 0) is 9.59 Å². The Kier molecular flexibility index (Phi) is 6.97. The van der Waals surface area contributed by atoms with Crippen LogP contribution in [0, 0.1) is 5.41 Å². The molecule has 1 amide bonds. The van der Waals surface area contributed by atoms with E-state index in [1.165, 1.54) is 0 Å². The number of hydrogen-bond acceptors (Lipinski definition) is 3. The maximum absolute atomic E-state index is 11.5. The highest BCUT2D eigenvalue weighted by molar-refractivity contribution is 5.79. The zero-order chi connectivity index (χ0) is 12.6. The van der Waals surface area contributed by atoms with Crippen LogP contribution in [-0.4, -0.2) is 24.8 Å². The number of aldehydes is 1. The lowest BCUT2D eigenvalue weighted by Crippen LogP contribution is -2.44. The van der Waals surface area contributed by atoms with Crippen LogP contribution in [0.4, 0.5) is 0 Å². The molecular formula is C12H24N2O2. The van der Waals surface area contributed by atoms with Gasteiger partial charge in [-0.25, -0.2) is 0 Å². The molecule has 0 saturated heterocycles. The number of hydrogen-bond donors (Lipinski definition) is 2. The van der Waals surface area contributed by atoms with Crippen molar-refractivity contribution in [3.05, 3.63) is 0 Å². The van der Waals surface area contributed by atoms with Crippen LogP contribution in [0.5, 0.6) is 0 Å². The molecule has 0 aromatic heterocycles. The predicted molar refractivity (Wildman–Crippen MR) is 65.0 cm³/mol. The van der Waals surface area contributed by atoms with E-state index in [1.54, 1.807) is 0 Å². The van der Waals surface area contributed by atoms with Crippen molar-refractivity contribution < 1.29 is 9.59 Å². The Balaban J connectivity index is 3.89. The summed E-state index contributed by atoms with van der Waals surface area (Å²) in [4.78, 5) is 22.4. The standard InChI is InChI=1S/C12H24N2O2/c1-12(2,3)10(9-15)14-11(16)7-5-4-6-8-13/h9-10H,4-8,13H2,1-3H3,(H,14,16). The summed E-state index contributed by atoms with van der Waals surface area (Å²) < 4.78 is 0. The molecule has 1 unspecified atom stereocenters. The van der Waals surface area contributed by atoms with E-state index in [4.69, 9.17) is 5.73 Å². The molecule has 0 bridgehead atoms. The zero-order valence-corrected chi connectivity index (χ0v) is 10.6. The lowest BCUT2D eigenvalue weighted by Gasteiger charge is -2.26. The summed E-state index contributed by atoms with van der Waals surface area (Å²) in [7, 11) is 0. The summed E-state index contributed by atoms with van der Waals surface area (Å²) in [5, 5.41) is 2.75. The summed E-state index contributed by atoms with van der Waals surface area (Å²) in [6.07, 6.45) is 4.02. The first kappa shape index (κ1) is 15.1. The van der Waals surface area contributed by atoms with E-state index in [0.29, 0.717) is 13.0 Å². The van der Waals surface area contributed by atoms with E-state index in [0.717, 1.165) is 25.5 Å². The van der Waals surface area contributed by atoms with Crippen molar-refractivity contribution in [2.24, 2.45) is 11.1 Å². The summed E-state index contributed by atoms with van der Waals surface area (Å²) in [5.74, 6) is -0.0518. The van der Waals surface area contributed by atoms with Gasteiger partial charge in [-0.3, -0.25) is 4.79 Å². The minimum atomic E-state index is -0.408. The first-order chi connectivity index (χ1) is 7.41. The third-order valence-electron chi connectivity index (χ3n) is 2.49. The summed E-state index contributed by atoms with van der Waals surface area (Å²) in [6.45, 7) is 6.46. The molecule has 4 nitrogen and oxygen atoms in total. The summed E-state index contributed by atoms with van der Waals surface area (Å²) in [5.41, 5.74) is 5.13. The quantitative estimate of drug-likeness (QED) is 0.508. The number of amides is 1. The van der Waals surface area contributed by atoms with Gasteiger partial charge in [0, 0.05) is 6.42 Å². The van der Waals surface area contributed by atoms with Gasteiger partial charge in [0.15, 0.2) is 0 Å². The van der Waals surface area contributed by atoms with Crippen molar-refractivity contribution in [1.82, 2.24) is 5.32 Å². The van der Waals surface area contributed by atoms with Crippen LogP contribution in [0.25, 0.3) is 0 Å². The number of unbranched alkanes of at least 4 members (excludes halogenated alkanes) is 2. The Morgan fingerprint density at radius 3 is 2.38 bits per heavy atom. The van der Waals surface area contributed by atoms with Gasteiger partial charge in [-0.15, -0.1) is 0 Å². The number of nitrogens with one attached hydrogen (secondary N) is 1. The molecule has 0 fully saturated rings. The van der Waals surface area contributed by atoms with Crippen molar-refractivity contribution in [2.45, 2.75) is 52.5 Å². The molecule has 0 aliphatic heterocycles. The fraction of sp³-hybridized carbons (Fsp3) is 0.833. The third-order valence-corrected chi connectivity index (χ3v) is 2.49. The Morgan fingerprint density at radius 1 is 1.31 bits per heavy atom. The van der Waals surface area contributed by atoms with Crippen molar-refractivity contribution in [3.63, 3.8) is 0 Å². The molecule has 0 radical (unpaired) electrons. The Hall–Kier alpha value is -0.900. The predicted octanol–water partition coefficient (Wildman–Crippen LogP) is 1.24. The lowest BCUT2D eigenvalue weighted by atomic mass is 9.87. The second-order valence-corrected chi connectivity index (χ2v) is 5.15.